The Hall–Kier alpha value is -0.353. The van der Waals surface area contributed by atoms with Crippen LogP contribution in [0.4, 0.5) is 0 Å². The van der Waals surface area contributed by atoms with Gasteiger partial charge in [0.2, 0.25) is 0 Å². The van der Waals surface area contributed by atoms with Gasteiger partial charge in [-0.1, -0.05) is 6.04 Å². The van der Waals surface area contributed by atoms with Gasteiger partial charge in [0.25, 0.3) is 0 Å². The van der Waals surface area contributed by atoms with Gasteiger partial charge in [-0.05, 0) is 19.5 Å². The predicted octanol–water partition coefficient (Wildman–Crippen LogP) is -0.544. The minimum Gasteiger partial charge on any atom is -0.465 e. The van der Waals surface area contributed by atoms with E-state index in [1.807, 2.05) is 6.92 Å². The van der Waals surface area contributed by atoms with Crippen molar-refractivity contribution >= 4 is 15.5 Å². The summed E-state index contributed by atoms with van der Waals surface area (Å²) in [4.78, 5) is 11.1. The number of carbonyl (C=O) groups is 1. The molecule has 1 heterocycles. The molecule has 1 aliphatic rings. The van der Waals surface area contributed by atoms with Crippen molar-refractivity contribution in [1.29, 1.82) is 0 Å². The van der Waals surface area contributed by atoms with E-state index in [0.29, 0.717) is 6.61 Å². The normalized spacial score (nSPS) is 26.8. The Balaban J connectivity index is 2.27. The van der Waals surface area contributed by atoms with E-state index in [1.165, 1.54) is 6.04 Å². The summed E-state index contributed by atoms with van der Waals surface area (Å²) < 4.78 is 4.90. The molecule has 0 aromatic heterocycles. The molecule has 0 unspecified atom stereocenters. The van der Waals surface area contributed by atoms with E-state index in [1.54, 1.807) is 0 Å². The molecule has 11 heavy (non-hydrogen) atoms. The summed E-state index contributed by atoms with van der Waals surface area (Å²) >= 11 is 0. The van der Waals surface area contributed by atoms with Crippen LogP contribution in [-0.2, 0) is 9.53 Å². The van der Waals surface area contributed by atoms with Crippen LogP contribution in [0.5, 0.6) is 0 Å². The molecule has 1 rings (SSSR count). The minimum atomic E-state index is -0.0683. The van der Waals surface area contributed by atoms with E-state index in [9.17, 15) is 4.79 Å². The quantitative estimate of drug-likeness (QED) is 0.450. The van der Waals surface area contributed by atoms with Gasteiger partial charge in [-0.2, -0.15) is 0 Å². The van der Waals surface area contributed by atoms with Crippen molar-refractivity contribution in [3.05, 3.63) is 0 Å². The van der Waals surface area contributed by atoms with Crippen LogP contribution in [0.3, 0.4) is 0 Å². The van der Waals surface area contributed by atoms with Gasteiger partial charge in [-0.15, -0.1) is 0 Å². The molecule has 0 aromatic rings. The van der Waals surface area contributed by atoms with Crippen LogP contribution in [0.25, 0.3) is 0 Å². The lowest BCUT2D eigenvalue weighted by Crippen LogP contribution is -2.43. The first-order chi connectivity index (χ1) is 5.34. The fourth-order valence-electron chi connectivity index (χ4n) is 1.30. The number of hydrogen-bond acceptors (Lipinski definition) is 3. The lowest BCUT2D eigenvalue weighted by Gasteiger charge is -2.20. The summed E-state index contributed by atoms with van der Waals surface area (Å²) in [6.45, 7) is 2.34. The Morgan fingerprint density at radius 1 is 1.82 bits per heavy atom. The van der Waals surface area contributed by atoms with E-state index >= 15 is 0 Å². The van der Waals surface area contributed by atoms with E-state index in [4.69, 9.17) is 4.74 Å². The van der Waals surface area contributed by atoms with Crippen molar-refractivity contribution in [1.82, 2.24) is 5.32 Å². The number of hydrogen-bond donors (Lipinski definition) is 1. The Kier molecular flexibility index (Phi) is 3.58. The maximum absolute atomic E-state index is 11.1. The first-order valence-corrected chi connectivity index (χ1v) is 6.24. The molecule has 1 N–H and O–H groups in total. The van der Waals surface area contributed by atoms with Crippen LogP contribution >= 0.6 is 0 Å². The SMILES string of the molecule is CCOC(=O)[C@H]1CC[SiH2]CN1. The van der Waals surface area contributed by atoms with Gasteiger partial charge in [0, 0.05) is 9.52 Å². The van der Waals surface area contributed by atoms with Crippen molar-refractivity contribution < 1.29 is 9.53 Å². The molecule has 0 amide bonds. The second-order valence-electron chi connectivity index (χ2n) is 2.75. The fraction of sp³-hybridized carbons (Fsp3) is 0.857. The zero-order chi connectivity index (χ0) is 8.10. The van der Waals surface area contributed by atoms with Gasteiger partial charge in [0.15, 0.2) is 0 Å². The van der Waals surface area contributed by atoms with Gasteiger partial charge in [-0.3, -0.25) is 4.79 Å². The van der Waals surface area contributed by atoms with Crippen molar-refractivity contribution in [2.24, 2.45) is 0 Å². The lowest BCUT2D eigenvalue weighted by molar-refractivity contribution is -0.145. The minimum absolute atomic E-state index is 0.00352. The zero-order valence-corrected chi connectivity index (χ0v) is 8.34. The third-order valence-corrected chi connectivity index (χ3v) is 3.43. The zero-order valence-electron chi connectivity index (χ0n) is 6.93. The summed E-state index contributed by atoms with van der Waals surface area (Å²) in [7, 11) is 0.112. The number of carbonyl (C=O) groups excluding carboxylic acids is 1. The lowest BCUT2D eigenvalue weighted by atomic mass is 10.2. The summed E-state index contributed by atoms with van der Waals surface area (Å²) in [6.07, 6.45) is 2.08. The number of nitrogens with one attached hydrogen (secondary N) is 1. The van der Waals surface area contributed by atoms with E-state index in [2.05, 4.69) is 5.32 Å². The molecule has 3 nitrogen and oxygen atoms in total. The first-order valence-electron chi connectivity index (χ1n) is 4.24. The van der Waals surface area contributed by atoms with Crippen LogP contribution in [0.2, 0.25) is 6.04 Å². The highest BCUT2D eigenvalue weighted by Gasteiger charge is 2.20. The van der Waals surface area contributed by atoms with Crippen molar-refractivity contribution in [3.63, 3.8) is 0 Å². The average molecular weight is 173 g/mol. The number of ether oxygens (including phenoxy) is 1. The van der Waals surface area contributed by atoms with Gasteiger partial charge < -0.3 is 10.1 Å². The largest absolute Gasteiger partial charge is 0.465 e. The Morgan fingerprint density at radius 3 is 3.18 bits per heavy atom. The molecule has 0 spiro atoms. The van der Waals surface area contributed by atoms with Crippen molar-refractivity contribution in [2.75, 3.05) is 12.8 Å². The smallest absolute Gasteiger partial charge is 0.323 e. The predicted molar refractivity (Wildman–Crippen MR) is 46.4 cm³/mol. The molecule has 4 heteroatoms. The molecule has 0 bridgehead atoms. The number of rotatable bonds is 2. The molecule has 1 saturated heterocycles. The maximum atomic E-state index is 11.1. The van der Waals surface area contributed by atoms with Crippen molar-refractivity contribution in [2.45, 2.75) is 25.4 Å². The van der Waals surface area contributed by atoms with E-state index in [0.717, 1.165) is 12.6 Å². The van der Waals surface area contributed by atoms with Crippen molar-refractivity contribution in [3.8, 4) is 0 Å². The standard InChI is InChI=1S/C7H15NO2Si/c1-2-10-7(9)6-3-4-11-5-8-6/h6,8H,2-5,11H2,1H3/t6-/m1/s1. The molecule has 0 aliphatic carbocycles. The molecule has 1 atom stereocenters. The molecular weight excluding hydrogens is 158 g/mol. The van der Waals surface area contributed by atoms with E-state index in [-0.39, 0.29) is 21.5 Å². The van der Waals surface area contributed by atoms with Gasteiger partial charge in [0.1, 0.15) is 6.04 Å². The van der Waals surface area contributed by atoms with Gasteiger partial charge >= 0.3 is 5.97 Å². The molecular formula is C7H15NO2Si. The highest BCUT2D eigenvalue weighted by atomic mass is 28.2. The topological polar surface area (TPSA) is 38.3 Å². The van der Waals surface area contributed by atoms with Crippen LogP contribution in [0, 0.1) is 0 Å². The summed E-state index contributed by atoms with van der Waals surface area (Å²) in [6, 6.07) is 1.27. The molecule has 0 radical (unpaired) electrons. The summed E-state index contributed by atoms with van der Waals surface area (Å²) in [5.74, 6) is -0.0683. The van der Waals surface area contributed by atoms with Gasteiger partial charge in [0.05, 0.1) is 6.61 Å². The summed E-state index contributed by atoms with van der Waals surface area (Å²) in [5.41, 5.74) is 0. The molecule has 0 saturated carbocycles. The maximum Gasteiger partial charge on any atom is 0.323 e. The first kappa shape index (κ1) is 8.74. The number of esters is 1. The molecule has 64 valence electrons. The van der Waals surface area contributed by atoms with Gasteiger partial charge in [-0.25, -0.2) is 0 Å². The average Bonchev–Trinajstić information content (AvgIpc) is 2.07. The third-order valence-electron chi connectivity index (χ3n) is 1.88. The fourth-order valence-corrected chi connectivity index (χ4v) is 2.80. The monoisotopic (exact) mass is 173 g/mol. The van der Waals surface area contributed by atoms with Crippen LogP contribution in [0.1, 0.15) is 13.3 Å². The Morgan fingerprint density at radius 2 is 2.64 bits per heavy atom. The molecule has 1 aliphatic heterocycles. The highest BCUT2D eigenvalue weighted by Crippen LogP contribution is 2.03. The third kappa shape index (κ3) is 2.63. The van der Waals surface area contributed by atoms with Crippen LogP contribution in [-0.4, -0.2) is 34.3 Å². The highest BCUT2D eigenvalue weighted by molar-refractivity contribution is 6.36. The van der Waals surface area contributed by atoms with E-state index < -0.39 is 0 Å². The second kappa shape index (κ2) is 4.51. The summed E-state index contributed by atoms with van der Waals surface area (Å²) in [5, 5.41) is 3.19. The molecule has 0 aromatic carbocycles. The molecule has 1 fully saturated rings. The second-order valence-corrected chi connectivity index (χ2v) is 4.67. The Bertz CT molecular complexity index is 134. The Labute approximate surface area is 69.3 Å². The van der Waals surface area contributed by atoms with Crippen LogP contribution in [0.15, 0.2) is 0 Å². The van der Waals surface area contributed by atoms with Crippen LogP contribution < -0.4 is 5.32 Å².